The molecule has 2 amide bonds. The molecule has 188 valence electrons. The molecule has 0 radical (unpaired) electrons. The number of anilines is 2. The van der Waals surface area contributed by atoms with Crippen molar-refractivity contribution in [3.05, 3.63) is 77.1 Å². The molecule has 2 aromatic carbocycles. The van der Waals surface area contributed by atoms with Gasteiger partial charge in [0, 0.05) is 27.9 Å². The van der Waals surface area contributed by atoms with Gasteiger partial charge in [-0.05, 0) is 48.9 Å². The minimum atomic E-state index is -0.721. The van der Waals surface area contributed by atoms with Crippen LogP contribution >= 0.6 is 24.0 Å². The van der Waals surface area contributed by atoms with E-state index in [-0.39, 0.29) is 46.9 Å². The van der Waals surface area contributed by atoms with Crippen molar-refractivity contribution in [1.29, 1.82) is 5.26 Å². The first-order valence-electron chi connectivity index (χ1n) is 10.6. The number of phenolic OH excluding ortho intramolecular Hbond substituents is 1. The molecule has 1 unspecified atom stereocenters. The number of carbonyl (C=O) groups excluding carboxylic acids is 2. The number of nitriles is 1. The van der Waals surface area contributed by atoms with Crippen LogP contribution in [0.5, 0.6) is 5.75 Å². The first kappa shape index (κ1) is 27.2. The molecule has 0 bridgehead atoms. The summed E-state index contributed by atoms with van der Waals surface area (Å²) in [5, 5.41) is 29.6. The van der Waals surface area contributed by atoms with Crippen LogP contribution < -0.4 is 16.4 Å². The summed E-state index contributed by atoms with van der Waals surface area (Å²) in [6.45, 7) is 1.56. The maximum atomic E-state index is 12.7. The first-order valence-corrected chi connectivity index (χ1v) is 11.0. The summed E-state index contributed by atoms with van der Waals surface area (Å²) in [6.07, 6.45) is 1.31. The molecule has 0 fully saturated rings. The van der Waals surface area contributed by atoms with Gasteiger partial charge in [0.15, 0.2) is 5.82 Å². The van der Waals surface area contributed by atoms with Crippen molar-refractivity contribution < 1.29 is 19.2 Å². The van der Waals surface area contributed by atoms with Crippen molar-refractivity contribution >= 4 is 47.3 Å². The molecule has 0 aliphatic rings. The van der Waals surface area contributed by atoms with Crippen LogP contribution in [0.2, 0.25) is 5.02 Å². The quantitative estimate of drug-likeness (QED) is 0.276. The zero-order valence-electron chi connectivity index (χ0n) is 19.2. The van der Waals surface area contributed by atoms with Gasteiger partial charge in [0.2, 0.25) is 11.7 Å². The smallest absolute Gasteiger partial charge is 0.295 e. The topological polar surface area (TPSA) is 167 Å². The summed E-state index contributed by atoms with van der Waals surface area (Å²) in [7, 11) is 0. The second-order valence-corrected chi connectivity index (χ2v) is 8.18. The summed E-state index contributed by atoms with van der Waals surface area (Å²) in [6, 6.07) is 15.6. The number of benzene rings is 2. The monoisotopic (exact) mass is 538 g/mol. The maximum absolute atomic E-state index is 12.7. The van der Waals surface area contributed by atoms with Crippen molar-refractivity contribution in [2.24, 2.45) is 5.73 Å². The third kappa shape index (κ3) is 6.05. The zero-order chi connectivity index (χ0) is 25.8. The van der Waals surface area contributed by atoms with E-state index in [9.17, 15) is 20.0 Å². The fourth-order valence-corrected chi connectivity index (χ4v) is 3.52. The van der Waals surface area contributed by atoms with Gasteiger partial charge in [-0.1, -0.05) is 28.9 Å². The number of phenols is 1. The van der Waals surface area contributed by atoms with E-state index in [4.69, 9.17) is 21.9 Å². The predicted molar refractivity (Wildman–Crippen MR) is 140 cm³/mol. The van der Waals surface area contributed by atoms with Gasteiger partial charge in [0.1, 0.15) is 17.4 Å². The molecule has 0 aliphatic carbocycles. The Morgan fingerprint density at radius 3 is 2.57 bits per heavy atom. The van der Waals surface area contributed by atoms with Crippen LogP contribution in [0.3, 0.4) is 0 Å². The lowest BCUT2D eigenvalue weighted by Gasteiger charge is -2.15. The van der Waals surface area contributed by atoms with Crippen molar-refractivity contribution in [2.75, 3.05) is 10.6 Å². The number of rotatable bonds is 6. The van der Waals surface area contributed by atoms with Gasteiger partial charge in [-0.15, -0.1) is 12.4 Å². The second kappa shape index (κ2) is 11.5. The van der Waals surface area contributed by atoms with Crippen LogP contribution in [0.25, 0.3) is 22.4 Å². The fourth-order valence-electron chi connectivity index (χ4n) is 3.36. The summed E-state index contributed by atoms with van der Waals surface area (Å²) in [5.41, 5.74) is 7.67. The van der Waals surface area contributed by atoms with Gasteiger partial charge < -0.3 is 26.0 Å². The number of hydrogen-bond donors (Lipinski definition) is 4. The van der Waals surface area contributed by atoms with Gasteiger partial charge in [-0.3, -0.25) is 9.59 Å². The normalized spacial score (nSPS) is 11.1. The third-order valence-electron chi connectivity index (χ3n) is 5.12. The van der Waals surface area contributed by atoms with Gasteiger partial charge in [0.25, 0.3) is 5.91 Å². The molecule has 2 heterocycles. The molecule has 4 rings (SSSR count). The predicted octanol–water partition coefficient (Wildman–Crippen LogP) is 4.59. The lowest BCUT2D eigenvalue weighted by atomic mass is 9.97. The number of aromatic hydroxyl groups is 1. The van der Waals surface area contributed by atoms with E-state index in [1.807, 2.05) is 0 Å². The minimum absolute atomic E-state index is 0. The minimum Gasteiger partial charge on any atom is -0.507 e. The zero-order valence-corrected chi connectivity index (χ0v) is 20.8. The molecule has 4 aromatic rings. The van der Waals surface area contributed by atoms with E-state index < -0.39 is 11.9 Å². The Morgan fingerprint density at radius 1 is 1.14 bits per heavy atom. The molecule has 1 atom stereocenters. The van der Waals surface area contributed by atoms with Crippen LogP contribution in [-0.4, -0.2) is 33.1 Å². The molecule has 10 nitrogen and oxygen atoms in total. The first-order chi connectivity index (χ1) is 17.3. The summed E-state index contributed by atoms with van der Waals surface area (Å²) in [4.78, 5) is 29.2. The van der Waals surface area contributed by atoms with Gasteiger partial charge in [-0.25, -0.2) is 4.98 Å². The number of aromatic nitrogens is 2. The van der Waals surface area contributed by atoms with Gasteiger partial charge >= 0.3 is 0 Å². The number of nitrogens with two attached hydrogens (primary N) is 1. The number of nitrogens with zero attached hydrogens (tertiary/aromatic N) is 3. The standard InChI is InChI=1S/C25H19ClN6O4.ClH/c1-13(28)24(34)30-16-4-2-3-14(9-16)18-11-20(17-6-5-15(26)10-21(17)33)31-23(19(18)12-27)32-25(35)22-7-8-29-36-22;/h2-11,13,33H,28H2,1H3,(H,30,34)(H,31,32,35);1H. The number of carbonyl (C=O) groups is 2. The lowest BCUT2D eigenvalue weighted by molar-refractivity contribution is -0.117. The number of pyridine rings is 1. The molecule has 0 saturated heterocycles. The Morgan fingerprint density at radius 2 is 1.92 bits per heavy atom. The highest BCUT2D eigenvalue weighted by Crippen LogP contribution is 2.37. The Hall–Kier alpha value is -4.43. The highest BCUT2D eigenvalue weighted by Gasteiger charge is 2.21. The van der Waals surface area contributed by atoms with Crippen molar-refractivity contribution in [1.82, 2.24) is 10.1 Å². The van der Waals surface area contributed by atoms with Crippen molar-refractivity contribution in [3.63, 3.8) is 0 Å². The van der Waals surface area contributed by atoms with Crippen molar-refractivity contribution in [3.8, 4) is 34.2 Å². The Labute approximate surface area is 222 Å². The highest BCUT2D eigenvalue weighted by atomic mass is 35.5. The molecule has 0 saturated carbocycles. The van der Waals surface area contributed by atoms with Crippen LogP contribution in [0.4, 0.5) is 11.5 Å². The molecule has 5 N–H and O–H groups in total. The van der Waals surface area contributed by atoms with E-state index in [0.29, 0.717) is 27.4 Å². The number of hydrogen-bond acceptors (Lipinski definition) is 8. The Balaban J connectivity index is 0.00000380. The van der Waals surface area contributed by atoms with Crippen LogP contribution in [0.15, 0.2) is 65.3 Å². The molecule has 0 spiro atoms. The van der Waals surface area contributed by atoms with Crippen LogP contribution in [0, 0.1) is 11.3 Å². The van der Waals surface area contributed by atoms with Gasteiger partial charge in [0.05, 0.1) is 17.9 Å². The van der Waals surface area contributed by atoms with E-state index in [1.165, 1.54) is 18.3 Å². The van der Waals surface area contributed by atoms with Crippen molar-refractivity contribution in [2.45, 2.75) is 13.0 Å². The molecule has 0 aliphatic heterocycles. The number of nitrogens with one attached hydrogen (secondary N) is 2. The third-order valence-corrected chi connectivity index (χ3v) is 5.35. The number of amides is 2. The molecular formula is C25H20Cl2N6O4. The van der Waals surface area contributed by atoms with E-state index in [1.54, 1.807) is 49.4 Å². The molecule has 37 heavy (non-hydrogen) atoms. The van der Waals surface area contributed by atoms with Crippen LogP contribution in [0.1, 0.15) is 23.0 Å². The summed E-state index contributed by atoms with van der Waals surface area (Å²) < 4.78 is 4.90. The second-order valence-electron chi connectivity index (χ2n) is 7.74. The lowest BCUT2D eigenvalue weighted by Crippen LogP contribution is -2.32. The Kier molecular flexibility index (Phi) is 8.47. The number of halogens is 2. The largest absolute Gasteiger partial charge is 0.507 e. The van der Waals surface area contributed by atoms with Gasteiger partial charge in [-0.2, -0.15) is 5.26 Å². The molecular weight excluding hydrogens is 519 g/mol. The summed E-state index contributed by atoms with van der Waals surface area (Å²) in [5.74, 6) is -1.34. The van der Waals surface area contributed by atoms with E-state index in [2.05, 4.69) is 26.8 Å². The maximum Gasteiger partial charge on any atom is 0.295 e. The Bertz CT molecular complexity index is 1500. The fraction of sp³-hybridized carbons (Fsp3) is 0.0800. The average Bonchev–Trinajstić information content (AvgIpc) is 3.39. The summed E-state index contributed by atoms with van der Waals surface area (Å²) >= 11 is 5.98. The average molecular weight is 539 g/mol. The molecule has 2 aromatic heterocycles. The van der Waals surface area contributed by atoms with E-state index >= 15 is 0 Å². The van der Waals surface area contributed by atoms with Crippen LogP contribution in [-0.2, 0) is 4.79 Å². The highest BCUT2D eigenvalue weighted by molar-refractivity contribution is 6.30. The SMILES string of the molecule is CC(N)C(=O)Nc1cccc(-c2cc(-c3ccc(Cl)cc3O)nc(NC(=O)c3ccno3)c2C#N)c1.Cl. The van der Waals surface area contributed by atoms with E-state index in [0.717, 1.165) is 0 Å². The molecule has 12 heteroatoms.